The molecule has 0 heterocycles. The first kappa shape index (κ1) is 14.9. The monoisotopic (exact) mass is 363 g/mol. The molecule has 1 aliphatic carbocycles. The van der Waals surface area contributed by atoms with Crippen LogP contribution in [0.2, 0.25) is 0 Å². The second-order valence-electron chi connectivity index (χ2n) is 5.55. The van der Waals surface area contributed by atoms with E-state index in [2.05, 4.69) is 33.6 Å². The lowest BCUT2D eigenvalue weighted by molar-refractivity contribution is 0.0938. The van der Waals surface area contributed by atoms with Gasteiger partial charge in [0.1, 0.15) is 0 Å². The van der Waals surface area contributed by atoms with E-state index >= 15 is 0 Å². The number of halogens is 1. The summed E-state index contributed by atoms with van der Waals surface area (Å²) in [5.74, 6) is 0.0478. The number of fused-ring (bicyclic) bond motifs is 1. The fraction of sp³-hybridized carbons (Fsp3) is 0.353. The largest absolute Gasteiger partial charge is 0.349 e. The summed E-state index contributed by atoms with van der Waals surface area (Å²) >= 11 is 5.38. The molecule has 1 saturated carbocycles. The van der Waals surface area contributed by atoms with E-state index in [-0.39, 0.29) is 5.91 Å². The lowest BCUT2D eigenvalue weighted by atomic mass is 10.1. The van der Waals surface area contributed by atoms with Crippen molar-refractivity contribution in [2.75, 3.05) is 6.26 Å². The van der Waals surface area contributed by atoms with Gasteiger partial charge in [-0.1, -0.05) is 28.1 Å². The molecule has 0 aromatic heterocycles. The van der Waals surface area contributed by atoms with Crippen LogP contribution in [-0.4, -0.2) is 23.5 Å². The predicted octanol–water partition coefficient (Wildman–Crippen LogP) is 4.62. The highest BCUT2D eigenvalue weighted by Crippen LogP contribution is 2.28. The van der Waals surface area contributed by atoms with Crippen molar-refractivity contribution in [2.45, 2.75) is 30.6 Å². The van der Waals surface area contributed by atoms with Gasteiger partial charge in [-0.15, -0.1) is 0 Å². The Morgan fingerprint density at radius 3 is 2.71 bits per heavy atom. The van der Waals surface area contributed by atoms with E-state index in [1.54, 1.807) is 0 Å². The van der Waals surface area contributed by atoms with Gasteiger partial charge in [0.2, 0.25) is 0 Å². The molecule has 0 aliphatic heterocycles. The van der Waals surface area contributed by atoms with E-state index in [0.29, 0.717) is 11.3 Å². The third kappa shape index (κ3) is 3.43. The van der Waals surface area contributed by atoms with Crippen molar-refractivity contribution in [3.63, 3.8) is 0 Å². The molecule has 0 saturated heterocycles. The van der Waals surface area contributed by atoms with Gasteiger partial charge in [0, 0.05) is 21.3 Å². The molecule has 1 aliphatic rings. The number of carbonyl (C=O) groups excluding carboxylic acids is 1. The van der Waals surface area contributed by atoms with Crippen LogP contribution >= 0.6 is 27.7 Å². The summed E-state index contributed by atoms with van der Waals surface area (Å²) in [5.41, 5.74) is 0.748. The number of hydrogen-bond donors (Lipinski definition) is 1. The summed E-state index contributed by atoms with van der Waals surface area (Å²) < 4.78 is 1.06. The second-order valence-corrected chi connectivity index (χ2v) is 7.60. The fourth-order valence-electron chi connectivity index (χ4n) is 2.91. The zero-order valence-electron chi connectivity index (χ0n) is 11.9. The van der Waals surface area contributed by atoms with Gasteiger partial charge in [-0.25, -0.2) is 0 Å². The van der Waals surface area contributed by atoms with Crippen LogP contribution in [0.5, 0.6) is 0 Å². The van der Waals surface area contributed by atoms with E-state index in [9.17, 15) is 4.79 Å². The van der Waals surface area contributed by atoms with E-state index in [4.69, 9.17) is 0 Å². The molecule has 2 aromatic carbocycles. The quantitative estimate of drug-likeness (QED) is 0.861. The van der Waals surface area contributed by atoms with Gasteiger partial charge in [0.05, 0.1) is 0 Å². The molecule has 2 nitrogen and oxygen atoms in total. The first-order valence-electron chi connectivity index (χ1n) is 7.18. The third-order valence-corrected chi connectivity index (χ3v) is 5.71. The summed E-state index contributed by atoms with van der Waals surface area (Å²) in [7, 11) is 0. The molecule has 0 spiro atoms. The highest BCUT2D eigenvalue weighted by atomic mass is 79.9. The molecule has 4 heteroatoms. The van der Waals surface area contributed by atoms with Crippen molar-refractivity contribution in [1.82, 2.24) is 5.32 Å². The van der Waals surface area contributed by atoms with Crippen LogP contribution in [-0.2, 0) is 0 Å². The SMILES string of the molecule is CSC1CCC(NC(=O)c2ccc3cc(Br)ccc3c2)C1. The fourth-order valence-corrected chi connectivity index (χ4v) is 4.09. The van der Waals surface area contributed by atoms with Crippen LogP contribution in [0.1, 0.15) is 29.6 Å². The minimum atomic E-state index is 0.0478. The lowest BCUT2D eigenvalue weighted by Gasteiger charge is -2.13. The van der Waals surface area contributed by atoms with Crippen molar-refractivity contribution in [3.8, 4) is 0 Å². The molecule has 1 N–H and O–H groups in total. The Labute approximate surface area is 137 Å². The molecule has 0 radical (unpaired) electrons. The average Bonchev–Trinajstić information content (AvgIpc) is 2.94. The zero-order chi connectivity index (χ0) is 14.8. The van der Waals surface area contributed by atoms with Crippen LogP contribution in [0.15, 0.2) is 40.9 Å². The molecular weight excluding hydrogens is 346 g/mol. The molecule has 0 bridgehead atoms. The summed E-state index contributed by atoms with van der Waals surface area (Å²) in [6.07, 6.45) is 5.54. The molecule has 21 heavy (non-hydrogen) atoms. The number of carbonyl (C=O) groups is 1. The van der Waals surface area contributed by atoms with Gasteiger partial charge in [0.25, 0.3) is 5.91 Å². The third-order valence-electron chi connectivity index (χ3n) is 4.12. The maximum Gasteiger partial charge on any atom is 0.251 e. The van der Waals surface area contributed by atoms with E-state index in [1.165, 1.54) is 6.42 Å². The smallest absolute Gasteiger partial charge is 0.251 e. The first-order valence-corrected chi connectivity index (χ1v) is 9.27. The van der Waals surface area contributed by atoms with Gasteiger partial charge >= 0.3 is 0 Å². The summed E-state index contributed by atoms with van der Waals surface area (Å²) in [4.78, 5) is 12.4. The molecule has 2 atom stereocenters. The van der Waals surface area contributed by atoms with Crippen LogP contribution < -0.4 is 5.32 Å². The summed E-state index contributed by atoms with van der Waals surface area (Å²) in [5, 5.41) is 6.11. The predicted molar refractivity (Wildman–Crippen MR) is 94.1 cm³/mol. The van der Waals surface area contributed by atoms with Gasteiger partial charge in [-0.3, -0.25) is 4.79 Å². The van der Waals surface area contributed by atoms with Crippen LogP contribution in [0.4, 0.5) is 0 Å². The normalized spacial score (nSPS) is 21.6. The highest BCUT2D eigenvalue weighted by molar-refractivity contribution is 9.10. The Morgan fingerprint density at radius 2 is 1.95 bits per heavy atom. The minimum Gasteiger partial charge on any atom is -0.349 e. The van der Waals surface area contributed by atoms with Gasteiger partial charge in [-0.2, -0.15) is 11.8 Å². The number of thioether (sulfide) groups is 1. The number of hydrogen-bond acceptors (Lipinski definition) is 2. The second kappa shape index (κ2) is 6.41. The molecular formula is C17H18BrNOS. The van der Waals surface area contributed by atoms with Crippen molar-refractivity contribution in [2.24, 2.45) is 0 Å². The van der Waals surface area contributed by atoms with Crippen LogP contribution in [0.3, 0.4) is 0 Å². The summed E-state index contributed by atoms with van der Waals surface area (Å²) in [6.45, 7) is 0. The maximum absolute atomic E-state index is 12.4. The van der Waals surface area contributed by atoms with E-state index < -0.39 is 0 Å². The number of amides is 1. The zero-order valence-corrected chi connectivity index (χ0v) is 14.3. The number of rotatable bonds is 3. The number of benzene rings is 2. The molecule has 3 rings (SSSR count). The van der Waals surface area contributed by atoms with Crippen LogP contribution in [0.25, 0.3) is 10.8 Å². The van der Waals surface area contributed by atoms with E-state index in [1.807, 2.05) is 42.1 Å². The van der Waals surface area contributed by atoms with Gasteiger partial charge in [-0.05, 0) is 60.6 Å². The van der Waals surface area contributed by atoms with E-state index in [0.717, 1.165) is 33.7 Å². The molecule has 1 amide bonds. The lowest BCUT2D eigenvalue weighted by Crippen LogP contribution is -2.33. The molecule has 1 fully saturated rings. The minimum absolute atomic E-state index is 0.0478. The van der Waals surface area contributed by atoms with Crippen molar-refractivity contribution in [3.05, 3.63) is 46.4 Å². The topological polar surface area (TPSA) is 29.1 Å². The van der Waals surface area contributed by atoms with Gasteiger partial charge < -0.3 is 5.32 Å². The Morgan fingerprint density at radius 1 is 1.19 bits per heavy atom. The Kier molecular flexibility index (Phi) is 4.55. The van der Waals surface area contributed by atoms with Gasteiger partial charge in [0.15, 0.2) is 0 Å². The Hall–Kier alpha value is -1.00. The Balaban J connectivity index is 1.74. The van der Waals surface area contributed by atoms with Crippen molar-refractivity contribution >= 4 is 44.4 Å². The average molecular weight is 364 g/mol. The highest BCUT2D eigenvalue weighted by Gasteiger charge is 2.25. The van der Waals surface area contributed by atoms with Crippen molar-refractivity contribution in [1.29, 1.82) is 0 Å². The first-order chi connectivity index (χ1) is 10.2. The Bertz CT molecular complexity index is 673. The molecule has 2 aromatic rings. The maximum atomic E-state index is 12.4. The molecule has 2 unspecified atom stereocenters. The summed E-state index contributed by atoms with van der Waals surface area (Å²) in [6, 6.07) is 12.3. The number of nitrogens with one attached hydrogen (secondary N) is 1. The molecule has 110 valence electrons. The van der Waals surface area contributed by atoms with Crippen LogP contribution in [0, 0.1) is 0 Å². The standard InChI is InChI=1S/C17H18BrNOS/c1-21-16-7-6-15(10-16)19-17(20)13-3-2-12-9-14(18)5-4-11(12)8-13/h2-5,8-9,15-16H,6-7,10H2,1H3,(H,19,20). The van der Waals surface area contributed by atoms with Crippen molar-refractivity contribution < 1.29 is 4.79 Å².